The summed E-state index contributed by atoms with van der Waals surface area (Å²) in [5.41, 5.74) is 0.977. The largest absolute Gasteiger partial charge is 0.461 e. The molecular formula is C26H32FNO5S2. The number of carbonyl (C=O) groups excluding carboxylic acids is 1. The number of hydrogen-bond donors (Lipinski definition) is 0. The van der Waals surface area contributed by atoms with Crippen LogP contribution in [0.25, 0.3) is 0 Å². The molecule has 0 radical (unpaired) electrons. The van der Waals surface area contributed by atoms with Gasteiger partial charge in [-0.25, -0.2) is 13.2 Å². The zero-order chi connectivity index (χ0) is 25.6. The topological polar surface area (TPSA) is 72.9 Å². The summed E-state index contributed by atoms with van der Waals surface area (Å²) in [6.07, 6.45) is 5.15. The molecule has 35 heavy (non-hydrogen) atoms. The number of sulfone groups is 1. The number of nitrogens with zero attached hydrogens (tertiary/aromatic N) is 1. The SMILES string of the molecule is CCCC[C@@]1(C)CN(c2ccccc2)c2cc(SC)c(O/C=C(\F)C(=O)OCC)cc2S(=O)(=O)C1. The van der Waals surface area contributed by atoms with Crippen LogP contribution in [-0.2, 0) is 19.4 Å². The number of rotatable bonds is 9. The van der Waals surface area contributed by atoms with Gasteiger partial charge in [0.05, 0.1) is 27.8 Å². The monoisotopic (exact) mass is 521 g/mol. The van der Waals surface area contributed by atoms with Crippen molar-refractivity contribution in [2.24, 2.45) is 5.41 Å². The molecule has 0 saturated carbocycles. The summed E-state index contributed by atoms with van der Waals surface area (Å²) in [6, 6.07) is 12.9. The van der Waals surface area contributed by atoms with Gasteiger partial charge in [0, 0.05) is 18.3 Å². The van der Waals surface area contributed by atoms with Crippen LogP contribution in [0, 0.1) is 5.41 Å². The first-order valence-electron chi connectivity index (χ1n) is 11.6. The number of para-hydroxylation sites is 1. The van der Waals surface area contributed by atoms with Crippen molar-refractivity contribution in [2.75, 3.05) is 30.1 Å². The number of esters is 1. The average Bonchev–Trinajstić information content (AvgIpc) is 2.92. The predicted molar refractivity (Wildman–Crippen MR) is 138 cm³/mol. The molecule has 0 saturated heterocycles. The number of thioether (sulfide) groups is 1. The third kappa shape index (κ3) is 6.38. The van der Waals surface area contributed by atoms with Crippen LogP contribution in [0.3, 0.4) is 0 Å². The summed E-state index contributed by atoms with van der Waals surface area (Å²) in [5.74, 6) is -2.19. The molecular weight excluding hydrogens is 489 g/mol. The molecule has 3 rings (SSSR count). The van der Waals surface area contributed by atoms with Crippen molar-refractivity contribution >= 4 is 38.9 Å². The molecule has 9 heteroatoms. The van der Waals surface area contributed by atoms with E-state index in [1.54, 1.807) is 13.0 Å². The number of hydrogen-bond acceptors (Lipinski definition) is 7. The molecule has 1 atom stereocenters. The highest BCUT2D eigenvalue weighted by atomic mass is 32.2. The number of carbonyl (C=O) groups is 1. The smallest absolute Gasteiger partial charge is 0.370 e. The molecule has 0 aromatic heterocycles. The number of anilines is 2. The minimum atomic E-state index is -3.71. The standard InChI is InChI=1S/C26H32FNO5S2/c1-5-7-13-26(3)17-28(19-11-9-8-10-12-19)21-14-23(34-4)22(15-24(21)35(30,31)18-26)33-16-20(27)25(29)32-6-2/h8-12,14-16H,5-7,13,17-18H2,1-4H3/b20-16-/t26-/m0/s1. The molecule has 0 bridgehead atoms. The lowest BCUT2D eigenvalue weighted by Gasteiger charge is -2.34. The van der Waals surface area contributed by atoms with E-state index >= 15 is 0 Å². The predicted octanol–water partition coefficient (Wildman–Crippen LogP) is 6.28. The molecule has 0 spiro atoms. The lowest BCUT2D eigenvalue weighted by atomic mass is 9.86. The lowest BCUT2D eigenvalue weighted by Crippen LogP contribution is -2.35. The van der Waals surface area contributed by atoms with Gasteiger partial charge < -0.3 is 14.4 Å². The Bertz CT molecular complexity index is 1180. The molecule has 0 aliphatic carbocycles. The van der Waals surface area contributed by atoms with Gasteiger partial charge in [0.15, 0.2) is 9.84 Å². The van der Waals surface area contributed by atoms with Crippen LogP contribution in [0.15, 0.2) is 64.3 Å². The second-order valence-corrected chi connectivity index (χ2v) is 11.7. The molecule has 0 unspecified atom stereocenters. The summed E-state index contributed by atoms with van der Waals surface area (Å²) < 4.78 is 51.6. The first-order chi connectivity index (χ1) is 16.6. The van der Waals surface area contributed by atoms with E-state index in [9.17, 15) is 17.6 Å². The van der Waals surface area contributed by atoms with Crippen molar-refractivity contribution in [3.05, 3.63) is 54.6 Å². The molecule has 190 valence electrons. The number of benzene rings is 2. The maximum atomic E-state index is 14.1. The van der Waals surface area contributed by atoms with E-state index in [1.807, 2.05) is 48.4 Å². The van der Waals surface area contributed by atoms with Gasteiger partial charge in [0.2, 0.25) is 5.83 Å². The van der Waals surface area contributed by atoms with Gasteiger partial charge in [-0.3, -0.25) is 0 Å². The fourth-order valence-corrected chi connectivity index (χ4v) is 6.87. The van der Waals surface area contributed by atoms with Gasteiger partial charge >= 0.3 is 5.97 Å². The maximum Gasteiger partial charge on any atom is 0.370 e. The van der Waals surface area contributed by atoms with Crippen molar-refractivity contribution in [3.63, 3.8) is 0 Å². The minimum Gasteiger partial charge on any atom is -0.461 e. The van der Waals surface area contributed by atoms with Crippen molar-refractivity contribution in [3.8, 4) is 5.75 Å². The van der Waals surface area contributed by atoms with Gasteiger partial charge in [-0.1, -0.05) is 44.9 Å². The zero-order valence-electron chi connectivity index (χ0n) is 20.5. The Morgan fingerprint density at radius 2 is 1.94 bits per heavy atom. The summed E-state index contributed by atoms with van der Waals surface area (Å²) in [6.45, 7) is 6.25. The summed E-state index contributed by atoms with van der Waals surface area (Å²) in [5, 5.41) is 0. The van der Waals surface area contributed by atoms with Gasteiger partial charge in [0.25, 0.3) is 0 Å². The number of unbranched alkanes of at least 4 members (excludes halogenated alkanes) is 1. The molecule has 0 N–H and O–H groups in total. The highest BCUT2D eigenvalue weighted by Gasteiger charge is 2.40. The Balaban J connectivity index is 2.15. The first kappa shape index (κ1) is 27.1. The second kappa shape index (κ2) is 11.5. The summed E-state index contributed by atoms with van der Waals surface area (Å²) in [7, 11) is -3.71. The molecule has 0 fully saturated rings. The molecule has 0 amide bonds. The van der Waals surface area contributed by atoms with E-state index in [1.165, 1.54) is 17.8 Å². The van der Waals surface area contributed by atoms with Crippen LogP contribution in [0.4, 0.5) is 15.8 Å². The molecule has 2 aromatic rings. The van der Waals surface area contributed by atoms with Crippen molar-refractivity contribution in [1.82, 2.24) is 0 Å². The summed E-state index contributed by atoms with van der Waals surface area (Å²) >= 11 is 1.34. The van der Waals surface area contributed by atoms with Crippen LogP contribution in [0.5, 0.6) is 5.75 Å². The fraction of sp³-hybridized carbons (Fsp3) is 0.423. The van der Waals surface area contributed by atoms with E-state index in [0.717, 1.165) is 24.9 Å². The Morgan fingerprint density at radius 3 is 2.57 bits per heavy atom. The number of fused-ring (bicyclic) bond motifs is 1. The Labute approximate surface area is 211 Å². The highest BCUT2D eigenvalue weighted by molar-refractivity contribution is 7.98. The maximum absolute atomic E-state index is 14.1. The van der Waals surface area contributed by atoms with Crippen LogP contribution < -0.4 is 9.64 Å². The van der Waals surface area contributed by atoms with E-state index in [-0.39, 0.29) is 23.0 Å². The van der Waals surface area contributed by atoms with Crippen molar-refractivity contribution in [2.45, 2.75) is 49.8 Å². The highest BCUT2D eigenvalue weighted by Crippen LogP contribution is 2.46. The van der Waals surface area contributed by atoms with Gasteiger partial charge in [0.1, 0.15) is 12.0 Å². The minimum absolute atomic E-state index is 0.0125. The van der Waals surface area contributed by atoms with Gasteiger partial charge in [-0.05, 0) is 43.2 Å². The second-order valence-electron chi connectivity index (χ2n) is 8.87. The molecule has 1 aliphatic rings. The fourth-order valence-electron chi connectivity index (χ4n) is 4.25. The quantitative estimate of drug-likeness (QED) is 0.166. The van der Waals surface area contributed by atoms with E-state index in [4.69, 9.17) is 4.74 Å². The van der Waals surface area contributed by atoms with Gasteiger partial charge in [-0.15, -0.1) is 11.8 Å². The number of ether oxygens (including phenoxy) is 2. The Morgan fingerprint density at radius 1 is 1.23 bits per heavy atom. The van der Waals surface area contributed by atoms with Crippen molar-refractivity contribution < 1.29 is 27.1 Å². The summed E-state index contributed by atoms with van der Waals surface area (Å²) in [4.78, 5) is 14.4. The molecule has 6 nitrogen and oxygen atoms in total. The zero-order valence-corrected chi connectivity index (χ0v) is 22.2. The molecule has 2 aromatic carbocycles. The molecule has 1 heterocycles. The lowest BCUT2D eigenvalue weighted by molar-refractivity contribution is -0.140. The van der Waals surface area contributed by atoms with Crippen LogP contribution >= 0.6 is 11.8 Å². The van der Waals surface area contributed by atoms with E-state index in [0.29, 0.717) is 23.4 Å². The average molecular weight is 522 g/mol. The van der Waals surface area contributed by atoms with Crippen LogP contribution in [0.1, 0.15) is 40.0 Å². The van der Waals surface area contributed by atoms with E-state index in [2.05, 4.69) is 11.7 Å². The third-order valence-corrected chi connectivity index (χ3v) is 8.74. The molecule has 1 aliphatic heterocycles. The Hall–Kier alpha value is -2.52. The van der Waals surface area contributed by atoms with Crippen LogP contribution in [0.2, 0.25) is 0 Å². The van der Waals surface area contributed by atoms with E-state index < -0.39 is 27.0 Å². The van der Waals surface area contributed by atoms with Gasteiger partial charge in [-0.2, -0.15) is 4.39 Å². The van der Waals surface area contributed by atoms with Crippen molar-refractivity contribution in [1.29, 1.82) is 0 Å². The third-order valence-electron chi connectivity index (χ3n) is 5.91. The Kier molecular flexibility index (Phi) is 8.88. The number of halogens is 1. The van der Waals surface area contributed by atoms with Crippen LogP contribution in [-0.4, -0.2) is 39.5 Å². The first-order valence-corrected chi connectivity index (χ1v) is 14.5. The normalized spacial score (nSPS) is 19.6.